The summed E-state index contributed by atoms with van der Waals surface area (Å²) in [5.41, 5.74) is 3.09. The highest BCUT2D eigenvalue weighted by Crippen LogP contribution is 2.26. The molecule has 0 unspecified atom stereocenters. The topological polar surface area (TPSA) is 51.7 Å². The van der Waals surface area contributed by atoms with Crippen LogP contribution in [-0.2, 0) is 5.41 Å². The van der Waals surface area contributed by atoms with Gasteiger partial charge in [0.25, 0.3) is 0 Å². The summed E-state index contributed by atoms with van der Waals surface area (Å²) in [7, 11) is 1.85. The minimum absolute atomic E-state index is 0.149. The first-order chi connectivity index (χ1) is 13.1. The van der Waals surface area contributed by atoms with E-state index in [0.29, 0.717) is 6.04 Å². The van der Waals surface area contributed by atoms with Crippen molar-refractivity contribution in [2.75, 3.05) is 38.1 Å². The Kier molecular flexibility index (Phi) is 7.76. The van der Waals surface area contributed by atoms with Crippen molar-refractivity contribution in [1.29, 1.82) is 0 Å². The van der Waals surface area contributed by atoms with Crippen LogP contribution in [0.1, 0.15) is 59.9 Å². The number of hydrogen-bond acceptors (Lipinski definition) is 3. The first-order valence-corrected chi connectivity index (χ1v) is 10.7. The maximum atomic E-state index is 4.38. The van der Waals surface area contributed by atoms with Gasteiger partial charge < -0.3 is 20.9 Å². The molecule has 0 atom stereocenters. The highest BCUT2D eigenvalue weighted by molar-refractivity contribution is 5.80. The number of benzene rings is 1. The van der Waals surface area contributed by atoms with E-state index in [0.717, 1.165) is 45.0 Å². The summed E-state index contributed by atoms with van der Waals surface area (Å²) >= 11 is 0. The van der Waals surface area contributed by atoms with Crippen molar-refractivity contribution in [2.45, 2.75) is 71.4 Å². The average molecular weight is 388 g/mol. The molecule has 1 fully saturated rings. The van der Waals surface area contributed by atoms with Crippen molar-refractivity contribution in [3.05, 3.63) is 29.8 Å². The van der Waals surface area contributed by atoms with Gasteiger partial charge in [-0.1, -0.05) is 32.9 Å². The van der Waals surface area contributed by atoms with Crippen molar-refractivity contribution in [3.8, 4) is 0 Å². The summed E-state index contributed by atoms with van der Waals surface area (Å²) in [5, 5.41) is 10.5. The molecule has 0 radical (unpaired) electrons. The zero-order valence-corrected chi connectivity index (χ0v) is 19.0. The molecule has 1 saturated heterocycles. The smallest absolute Gasteiger partial charge is 0.191 e. The molecule has 5 nitrogen and oxygen atoms in total. The van der Waals surface area contributed by atoms with E-state index >= 15 is 0 Å². The Labute approximate surface area is 172 Å². The van der Waals surface area contributed by atoms with E-state index in [1.165, 1.54) is 11.3 Å². The Morgan fingerprint density at radius 3 is 2.11 bits per heavy atom. The van der Waals surface area contributed by atoms with Crippen molar-refractivity contribution in [2.24, 2.45) is 4.99 Å². The lowest BCUT2D eigenvalue weighted by molar-refractivity contribution is 0.426. The standard InChI is InChI=1S/C23H41N5/c1-22(2,3)18-8-10-20(11-9-18)28-16-12-19(13-17-28)27-21(24-7)25-14-15-26-23(4,5)6/h8-11,19,26H,12-17H2,1-7H3,(H2,24,25,27). The van der Waals surface area contributed by atoms with Crippen LogP contribution in [0.25, 0.3) is 0 Å². The van der Waals surface area contributed by atoms with Gasteiger partial charge in [-0.05, 0) is 56.7 Å². The molecule has 158 valence electrons. The summed E-state index contributed by atoms with van der Waals surface area (Å²) in [6.45, 7) is 17.3. The number of nitrogens with one attached hydrogen (secondary N) is 3. The third-order valence-electron chi connectivity index (χ3n) is 5.23. The Balaban J connectivity index is 1.76. The molecule has 0 spiro atoms. The summed E-state index contributed by atoms with van der Waals surface area (Å²) < 4.78 is 0. The van der Waals surface area contributed by atoms with Gasteiger partial charge in [-0.2, -0.15) is 0 Å². The summed E-state index contributed by atoms with van der Waals surface area (Å²) in [6, 6.07) is 9.58. The minimum atomic E-state index is 0.149. The van der Waals surface area contributed by atoms with Gasteiger partial charge in [0.1, 0.15) is 0 Å². The van der Waals surface area contributed by atoms with Crippen LogP contribution in [0.3, 0.4) is 0 Å². The van der Waals surface area contributed by atoms with Gasteiger partial charge in [0.15, 0.2) is 5.96 Å². The van der Waals surface area contributed by atoms with Crippen LogP contribution in [0, 0.1) is 0 Å². The Morgan fingerprint density at radius 2 is 1.61 bits per heavy atom. The molecule has 1 aromatic carbocycles. The molecule has 0 aromatic heterocycles. The third-order valence-corrected chi connectivity index (χ3v) is 5.23. The van der Waals surface area contributed by atoms with E-state index in [-0.39, 0.29) is 11.0 Å². The number of piperidine rings is 1. The lowest BCUT2D eigenvalue weighted by Crippen LogP contribution is -2.50. The lowest BCUT2D eigenvalue weighted by Gasteiger charge is -2.35. The van der Waals surface area contributed by atoms with Crippen molar-refractivity contribution in [3.63, 3.8) is 0 Å². The fraction of sp³-hybridized carbons (Fsp3) is 0.696. The highest BCUT2D eigenvalue weighted by Gasteiger charge is 2.21. The molecule has 0 bridgehead atoms. The van der Waals surface area contributed by atoms with Gasteiger partial charge in [0, 0.05) is 50.5 Å². The molecule has 5 heteroatoms. The van der Waals surface area contributed by atoms with E-state index in [9.17, 15) is 0 Å². The zero-order valence-electron chi connectivity index (χ0n) is 19.0. The zero-order chi connectivity index (χ0) is 20.8. The lowest BCUT2D eigenvalue weighted by atomic mass is 9.87. The number of aliphatic imine (C=N–C) groups is 1. The second-order valence-corrected chi connectivity index (χ2v) is 9.88. The van der Waals surface area contributed by atoms with Crippen LogP contribution in [0.15, 0.2) is 29.3 Å². The second-order valence-electron chi connectivity index (χ2n) is 9.88. The Bertz CT molecular complexity index is 614. The summed E-state index contributed by atoms with van der Waals surface area (Å²) in [6.07, 6.45) is 2.25. The molecule has 3 N–H and O–H groups in total. The van der Waals surface area contributed by atoms with Crippen LogP contribution in [0.4, 0.5) is 5.69 Å². The number of anilines is 1. The number of guanidine groups is 1. The molecule has 1 aliphatic rings. The maximum absolute atomic E-state index is 4.38. The minimum Gasteiger partial charge on any atom is -0.371 e. The van der Waals surface area contributed by atoms with E-state index in [4.69, 9.17) is 0 Å². The van der Waals surface area contributed by atoms with Crippen molar-refractivity contribution >= 4 is 11.6 Å². The normalized spacial score (nSPS) is 17.0. The molecular weight excluding hydrogens is 346 g/mol. The highest BCUT2D eigenvalue weighted by atomic mass is 15.2. The monoisotopic (exact) mass is 387 g/mol. The van der Waals surface area contributed by atoms with E-state index in [1.54, 1.807) is 0 Å². The van der Waals surface area contributed by atoms with E-state index < -0.39 is 0 Å². The molecular formula is C23H41N5. The SMILES string of the molecule is CN=C(NCCNC(C)(C)C)NC1CCN(c2ccc(C(C)(C)C)cc2)CC1. The average Bonchev–Trinajstić information content (AvgIpc) is 2.63. The first-order valence-electron chi connectivity index (χ1n) is 10.7. The molecule has 28 heavy (non-hydrogen) atoms. The second kappa shape index (κ2) is 9.64. The van der Waals surface area contributed by atoms with Crippen LogP contribution >= 0.6 is 0 Å². The summed E-state index contributed by atoms with van der Waals surface area (Å²) in [4.78, 5) is 6.87. The first kappa shape index (κ1) is 22.5. The summed E-state index contributed by atoms with van der Waals surface area (Å²) in [5.74, 6) is 0.906. The molecule has 1 aliphatic heterocycles. The van der Waals surface area contributed by atoms with Crippen LogP contribution < -0.4 is 20.9 Å². The quantitative estimate of drug-likeness (QED) is 0.411. The Morgan fingerprint density at radius 1 is 1.00 bits per heavy atom. The number of hydrogen-bond donors (Lipinski definition) is 3. The van der Waals surface area contributed by atoms with Gasteiger partial charge in [0.05, 0.1) is 0 Å². The van der Waals surface area contributed by atoms with Crippen LogP contribution in [0.5, 0.6) is 0 Å². The van der Waals surface area contributed by atoms with E-state index in [1.807, 2.05) is 7.05 Å². The maximum Gasteiger partial charge on any atom is 0.191 e. The van der Waals surface area contributed by atoms with Gasteiger partial charge >= 0.3 is 0 Å². The van der Waals surface area contributed by atoms with Gasteiger partial charge in [-0.15, -0.1) is 0 Å². The van der Waals surface area contributed by atoms with Gasteiger partial charge in [-0.25, -0.2) is 0 Å². The molecule has 0 aliphatic carbocycles. The van der Waals surface area contributed by atoms with E-state index in [2.05, 4.69) is 91.7 Å². The van der Waals surface area contributed by atoms with Crippen molar-refractivity contribution < 1.29 is 0 Å². The fourth-order valence-electron chi connectivity index (χ4n) is 3.46. The largest absolute Gasteiger partial charge is 0.371 e. The van der Waals surface area contributed by atoms with Crippen LogP contribution in [0.2, 0.25) is 0 Å². The molecule has 1 aromatic rings. The van der Waals surface area contributed by atoms with Gasteiger partial charge in [0.2, 0.25) is 0 Å². The molecule has 0 saturated carbocycles. The molecule has 1 heterocycles. The fourth-order valence-corrected chi connectivity index (χ4v) is 3.46. The number of rotatable bonds is 5. The van der Waals surface area contributed by atoms with Crippen molar-refractivity contribution in [1.82, 2.24) is 16.0 Å². The third kappa shape index (κ3) is 7.34. The number of nitrogens with zero attached hydrogens (tertiary/aromatic N) is 2. The Hall–Kier alpha value is -1.75. The van der Waals surface area contributed by atoms with Gasteiger partial charge in [-0.3, -0.25) is 4.99 Å². The molecule has 0 amide bonds. The van der Waals surface area contributed by atoms with Crippen LogP contribution in [-0.4, -0.2) is 50.8 Å². The predicted molar refractivity (Wildman–Crippen MR) is 123 cm³/mol. The predicted octanol–water partition coefficient (Wildman–Crippen LogP) is 3.51. The molecule has 2 rings (SSSR count).